The Morgan fingerprint density at radius 3 is 2.28 bits per heavy atom. The number of nitrogens with zero attached hydrogens (tertiary/aromatic N) is 4. The predicted octanol–water partition coefficient (Wildman–Crippen LogP) is 5.57. The Bertz CT molecular complexity index is 1270. The summed E-state index contributed by atoms with van der Waals surface area (Å²) in [5.74, 6) is 2.63. The van der Waals surface area contributed by atoms with Gasteiger partial charge in [-0.05, 0) is 60.6 Å². The average molecular weight is 527 g/mol. The lowest BCUT2D eigenvalue weighted by Gasteiger charge is -2.37. The van der Waals surface area contributed by atoms with Crippen molar-refractivity contribution in [1.82, 2.24) is 15.0 Å². The van der Waals surface area contributed by atoms with Crippen LogP contribution in [0, 0.1) is 0 Å². The van der Waals surface area contributed by atoms with Crippen molar-refractivity contribution in [2.45, 2.75) is 20.1 Å². The standard InChI is InChI=1S/C32H38N4O3/c1-3-34(17-18-35-19-21-36(22-20-35)28-11-15-29(37-2)16-12-28)24-31-23-32(33-39-31)27-9-13-30(14-10-27)38-25-26-7-5-4-6-8-26/h4-16,23H,3,17-22,24-25H2,1-2H3. The molecule has 1 aliphatic heterocycles. The van der Waals surface area contributed by atoms with Gasteiger partial charge in [0.2, 0.25) is 0 Å². The smallest absolute Gasteiger partial charge is 0.151 e. The minimum Gasteiger partial charge on any atom is -0.497 e. The Kier molecular flexibility index (Phi) is 9.14. The van der Waals surface area contributed by atoms with E-state index in [1.54, 1.807) is 7.11 Å². The van der Waals surface area contributed by atoms with E-state index >= 15 is 0 Å². The zero-order chi connectivity index (χ0) is 26.9. The maximum atomic E-state index is 5.91. The second-order valence-electron chi connectivity index (χ2n) is 9.87. The normalized spacial score (nSPS) is 14.1. The Morgan fingerprint density at radius 2 is 1.59 bits per heavy atom. The van der Waals surface area contributed by atoms with E-state index < -0.39 is 0 Å². The van der Waals surface area contributed by atoms with Gasteiger partial charge in [-0.1, -0.05) is 42.4 Å². The summed E-state index contributed by atoms with van der Waals surface area (Å²) in [4.78, 5) is 7.42. The third kappa shape index (κ3) is 7.40. The minimum absolute atomic E-state index is 0.555. The van der Waals surface area contributed by atoms with E-state index in [0.29, 0.717) is 6.61 Å². The molecule has 0 radical (unpaired) electrons. The van der Waals surface area contributed by atoms with Crippen molar-refractivity contribution >= 4 is 5.69 Å². The lowest BCUT2D eigenvalue weighted by atomic mass is 10.1. The molecule has 7 heteroatoms. The number of methoxy groups -OCH3 is 1. The molecule has 7 nitrogen and oxygen atoms in total. The molecule has 0 atom stereocenters. The van der Waals surface area contributed by atoms with Crippen LogP contribution in [0.1, 0.15) is 18.2 Å². The van der Waals surface area contributed by atoms with Gasteiger partial charge < -0.3 is 18.9 Å². The molecule has 1 saturated heterocycles. The SMILES string of the molecule is CCN(CCN1CCN(c2ccc(OC)cc2)CC1)Cc1cc(-c2ccc(OCc3ccccc3)cc2)no1. The fourth-order valence-electron chi connectivity index (χ4n) is 4.86. The highest BCUT2D eigenvalue weighted by atomic mass is 16.5. The monoisotopic (exact) mass is 526 g/mol. The van der Waals surface area contributed by atoms with Crippen LogP contribution in [-0.2, 0) is 13.2 Å². The highest BCUT2D eigenvalue weighted by Gasteiger charge is 2.18. The van der Waals surface area contributed by atoms with Crippen LogP contribution in [-0.4, -0.2) is 67.9 Å². The molecule has 39 heavy (non-hydrogen) atoms. The van der Waals surface area contributed by atoms with E-state index in [1.165, 1.54) is 5.69 Å². The molecule has 2 heterocycles. The van der Waals surface area contributed by atoms with Crippen molar-refractivity contribution in [3.05, 3.63) is 96.3 Å². The van der Waals surface area contributed by atoms with E-state index in [2.05, 4.69) is 57.1 Å². The molecule has 1 aromatic heterocycles. The highest BCUT2D eigenvalue weighted by Crippen LogP contribution is 2.24. The maximum absolute atomic E-state index is 5.91. The molecule has 0 bridgehead atoms. The molecule has 0 saturated carbocycles. The Hall–Kier alpha value is -3.81. The first-order valence-corrected chi connectivity index (χ1v) is 13.8. The number of likely N-dealkylation sites (N-methyl/N-ethyl adjacent to an activating group) is 1. The number of rotatable bonds is 12. The summed E-state index contributed by atoms with van der Waals surface area (Å²) in [6.45, 7) is 10.8. The summed E-state index contributed by atoms with van der Waals surface area (Å²) in [5.41, 5.74) is 4.29. The van der Waals surface area contributed by atoms with Gasteiger partial charge in [-0.25, -0.2) is 0 Å². The lowest BCUT2D eigenvalue weighted by molar-refractivity contribution is 0.185. The molecule has 0 spiro atoms. The predicted molar refractivity (Wildman–Crippen MR) is 155 cm³/mol. The molecule has 1 aliphatic rings. The third-order valence-corrected chi connectivity index (χ3v) is 7.33. The molecule has 0 unspecified atom stereocenters. The first-order chi connectivity index (χ1) is 19.2. The van der Waals surface area contributed by atoms with Crippen LogP contribution in [0.5, 0.6) is 11.5 Å². The van der Waals surface area contributed by atoms with E-state index in [9.17, 15) is 0 Å². The summed E-state index contributed by atoms with van der Waals surface area (Å²) in [5, 5.41) is 4.33. The minimum atomic E-state index is 0.555. The Balaban J connectivity index is 1.07. The summed E-state index contributed by atoms with van der Waals surface area (Å²) in [7, 11) is 1.71. The molecule has 0 N–H and O–H groups in total. The van der Waals surface area contributed by atoms with Gasteiger partial charge in [0.1, 0.15) is 23.8 Å². The van der Waals surface area contributed by atoms with Crippen molar-refractivity contribution in [3.63, 3.8) is 0 Å². The average Bonchev–Trinajstić information content (AvgIpc) is 3.48. The number of piperazine rings is 1. The van der Waals surface area contributed by atoms with E-state index in [1.807, 2.05) is 54.6 Å². The first kappa shape index (κ1) is 26.8. The van der Waals surface area contributed by atoms with Crippen LogP contribution < -0.4 is 14.4 Å². The Morgan fingerprint density at radius 1 is 0.872 bits per heavy atom. The van der Waals surface area contributed by atoms with Gasteiger partial charge in [0.25, 0.3) is 0 Å². The van der Waals surface area contributed by atoms with E-state index in [-0.39, 0.29) is 0 Å². The van der Waals surface area contributed by atoms with Crippen molar-refractivity contribution in [2.75, 3.05) is 57.8 Å². The van der Waals surface area contributed by atoms with Crippen molar-refractivity contribution in [2.24, 2.45) is 0 Å². The van der Waals surface area contributed by atoms with Crippen molar-refractivity contribution in [3.8, 4) is 22.8 Å². The zero-order valence-corrected chi connectivity index (χ0v) is 23.0. The summed E-state index contributed by atoms with van der Waals surface area (Å²) in [6, 6.07) is 28.6. The largest absolute Gasteiger partial charge is 0.497 e. The molecular formula is C32H38N4O3. The van der Waals surface area contributed by atoms with Crippen LogP contribution in [0.15, 0.2) is 89.5 Å². The van der Waals surface area contributed by atoms with Gasteiger partial charge in [-0.3, -0.25) is 9.80 Å². The van der Waals surface area contributed by atoms with E-state index in [4.69, 9.17) is 14.0 Å². The number of hydrogen-bond donors (Lipinski definition) is 0. The molecule has 5 rings (SSSR count). The second-order valence-corrected chi connectivity index (χ2v) is 9.87. The number of benzene rings is 3. The van der Waals surface area contributed by atoms with Gasteiger partial charge >= 0.3 is 0 Å². The van der Waals surface area contributed by atoms with Gasteiger partial charge in [-0.15, -0.1) is 0 Å². The fraction of sp³-hybridized carbons (Fsp3) is 0.344. The van der Waals surface area contributed by atoms with Gasteiger partial charge in [0.05, 0.1) is 13.7 Å². The molecule has 3 aromatic carbocycles. The lowest BCUT2D eigenvalue weighted by Crippen LogP contribution is -2.48. The quantitative estimate of drug-likeness (QED) is 0.239. The van der Waals surface area contributed by atoms with Crippen LogP contribution in [0.3, 0.4) is 0 Å². The Labute approximate surface area is 231 Å². The maximum Gasteiger partial charge on any atom is 0.151 e. The van der Waals surface area contributed by atoms with Crippen LogP contribution in [0.4, 0.5) is 5.69 Å². The zero-order valence-electron chi connectivity index (χ0n) is 23.0. The fourth-order valence-corrected chi connectivity index (χ4v) is 4.86. The summed E-state index contributed by atoms with van der Waals surface area (Å²) < 4.78 is 16.9. The first-order valence-electron chi connectivity index (χ1n) is 13.8. The molecule has 4 aromatic rings. The van der Waals surface area contributed by atoms with Crippen LogP contribution in [0.25, 0.3) is 11.3 Å². The number of ether oxygens (including phenoxy) is 2. The topological polar surface area (TPSA) is 54.2 Å². The van der Waals surface area contributed by atoms with Crippen LogP contribution in [0.2, 0.25) is 0 Å². The summed E-state index contributed by atoms with van der Waals surface area (Å²) in [6.07, 6.45) is 0. The van der Waals surface area contributed by atoms with Gasteiger partial charge in [0, 0.05) is 56.6 Å². The number of hydrogen-bond acceptors (Lipinski definition) is 7. The number of aromatic nitrogens is 1. The van der Waals surface area contributed by atoms with Gasteiger partial charge in [0.15, 0.2) is 5.76 Å². The van der Waals surface area contributed by atoms with E-state index in [0.717, 1.165) is 86.4 Å². The van der Waals surface area contributed by atoms with Gasteiger partial charge in [-0.2, -0.15) is 0 Å². The molecule has 204 valence electrons. The van der Waals surface area contributed by atoms with Crippen LogP contribution >= 0.6 is 0 Å². The molecule has 0 amide bonds. The molecule has 1 fully saturated rings. The summed E-state index contributed by atoms with van der Waals surface area (Å²) >= 11 is 0. The highest BCUT2D eigenvalue weighted by molar-refractivity contribution is 5.59. The number of anilines is 1. The third-order valence-electron chi connectivity index (χ3n) is 7.33. The second kappa shape index (κ2) is 13.3. The van der Waals surface area contributed by atoms with Crippen molar-refractivity contribution < 1.29 is 14.0 Å². The molecule has 0 aliphatic carbocycles. The van der Waals surface area contributed by atoms with Crippen molar-refractivity contribution in [1.29, 1.82) is 0 Å². The molecular weight excluding hydrogens is 488 g/mol.